The Balaban J connectivity index is 1.73. The van der Waals surface area contributed by atoms with Gasteiger partial charge >= 0.3 is 5.69 Å². The van der Waals surface area contributed by atoms with Crippen LogP contribution >= 0.6 is 0 Å². The molecular formula is C19H25N7O2. The molecule has 2 heterocycles. The Bertz CT molecular complexity index is 1040. The molecule has 1 aromatic carbocycles. The second kappa shape index (κ2) is 8.57. The van der Waals surface area contributed by atoms with Crippen LogP contribution in [0.1, 0.15) is 17.7 Å². The smallest absolute Gasteiger partial charge is 0.354 e. The molecular weight excluding hydrogens is 358 g/mol. The Morgan fingerprint density at radius 3 is 2.93 bits per heavy atom. The topological polar surface area (TPSA) is 134 Å². The molecule has 0 aliphatic heterocycles. The summed E-state index contributed by atoms with van der Waals surface area (Å²) >= 11 is 0. The number of H-pyrrole nitrogens is 1. The van der Waals surface area contributed by atoms with Crippen molar-refractivity contribution in [3.05, 3.63) is 52.2 Å². The molecule has 0 spiro atoms. The monoisotopic (exact) mass is 383 g/mol. The van der Waals surface area contributed by atoms with E-state index in [9.17, 15) is 4.79 Å². The summed E-state index contributed by atoms with van der Waals surface area (Å²) in [6.07, 6.45) is 2.63. The third-order valence-electron chi connectivity index (χ3n) is 4.35. The predicted molar refractivity (Wildman–Crippen MR) is 109 cm³/mol. The van der Waals surface area contributed by atoms with Crippen LogP contribution in [0.25, 0.3) is 16.7 Å². The maximum atomic E-state index is 12.4. The standard InChI is InChI=1S/C19H25N7O2/c1-12-8-14-11-26(19(27)25-17(14)24-12)15-5-4-13(16(9-15)28-2)10-22-6-3-7-23-18(20)21/h4-5,8-9,11,22H,3,6-7,10H2,1-2H3,(H4,20,21,23)(H,24,25,27). The summed E-state index contributed by atoms with van der Waals surface area (Å²) in [5, 5.41) is 14.1. The first-order valence-corrected chi connectivity index (χ1v) is 9.03. The number of nitrogens with zero attached hydrogens (tertiary/aromatic N) is 2. The van der Waals surface area contributed by atoms with Crippen molar-refractivity contribution in [2.75, 3.05) is 20.2 Å². The zero-order valence-electron chi connectivity index (χ0n) is 16.0. The van der Waals surface area contributed by atoms with Gasteiger partial charge in [-0.15, -0.1) is 0 Å². The highest BCUT2D eigenvalue weighted by Crippen LogP contribution is 2.22. The van der Waals surface area contributed by atoms with Crippen molar-refractivity contribution in [1.82, 2.24) is 25.2 Å². The van der Waals surface area contributed by atoms with E-state index in [1.54, 1.807) is 13.3 Å². The molecule has 28 heavy (non-hydrogen) atoms. The van der Waals surface area contributed by atoms with Crippen LogP contribution in [0.4, 0.5) is 0 Å². The quantitative estimate of drug-likeness (QED) is 0.224. The average Bonchev–Trinajstić information content (AvgIpc) is 3.02. The number of ether oxygens (including phenoxy) is 1. The van der Waals surface area contributed by atoms with E-state index in [2.05, 4.69) is 20.6 Å². The van der Waals surface area contributed by atoms with Crippen LogP contribution in [0, 0.1) is 12.3 Å². The van der Waals surface area contributed by atoms with Gasteiger partial charge in [0.05, 0.1) is 12.8 Å². The highest BCUT2D eigenvalue weighted by Gasteiger charge is 2.09. The van der Waals surface area contributed by atoms with E-state index in [1.807, 2.05) is 31.2 Å². The van der Waals surface area contributed by atoms with E-state index in [-0.39, 0.29) is 11.6 Å². The number of aromatic nitrogens is 3. The Kier molecular flexibility index (Phi) is 5.95. The van der Waals surface area contributed by atoms with Crippen molar-refractivity contribution in [2.45, 2.75) is 19.9 Å². The first-order chi connectivity index (χ1) is 13.5. The minimum atomic E-state index is -0.347. The molecule has 0 aliphatic carbocycles. The molecule has 3 aromatic rings. The van der Waals surface area contributed by atoms with Crippen LogP contribution in [0.3, 0.4) is 0 Å². The Hall–Kier alpha value is -3.33. The van der Waals surface area contributed by atoms with Gasteiger partial charge in [-0.3, -0.25) is 9.98 Å². The van der Waals surface area contributed by atoms with Gasteiger partial charge in [-0.1, -0.05) is 6.07 Å². The van der Waals surface area contributed by atoms with Gasteiger partial charge in [0.15, 0.2) is 5.96 Å². The summed E-state index contributed by atoms with van der Waals surface area (Å²) in [5.74, 6) is 0.680. The molecule has 6 N–H and O–H groups in total. The van der Waals surface area contributed by atoms with E-state index in [4.69, 9.17) is 15.9 Å². The lowest BCUT2D eigenvalue weighted by Crippen LogP contribution is -2.32. The molecule has 0 saturated carbocycles. The van der Waals surface area contributed by atoms with Gasteiger partial charge < -0.3 is 26.1 Å². The fraction of sp³-hybridized carbons (Fsp3) is 0.316. The van der Waals surface area contributed by atoms with Crippen LogP contribution in [0.5, 0.6) is 5.75 Å². The van der Waals surface area contributed by atoms with E-state index >= 15 is 0 Å². The number of nitrogens with one attached hydrogen (secondary N) is 4. The third kappa shape index (κ3) is 4.49. The summed E-state index contributed by atoms with van der Waals surface area (Å²) in [7, 11) is 1.61. The maximum Gasteiger partial charge on any atom is 0.354 e. The van der Waals surface area contributed by atoms with Gasteiger partial charge in [-0.2, -0.15) is 4.98 Å². The number of hydrogen-bond acceptors (Lipinski definition) is 5. The molecule has 0 atom stereocenters. The lowest BCUT2D eigenvalue weighted by Gasteiger charge is -2.13. The van der Waals surface area contributed by atoms with Crippen LogP contribution < -0.4 is 26.8 Å². The zero-order valence-corrected chi connectivity index (χ0v) is 16.0. The number of hydrogen-bond donors (Lipinski definition) is 5. The van der Waals surface area contributed by atoms with E-state index in [0.29, 0.717) is 30.2 Å². The largest absolute Gasteiger partial charge is 0.496 e. The molecule has 148 valence electrons. The second-order valence-electron chi connectivity index (χ2n) is 6.52. The van der Waals surface area contributed by atoms with Gasteiger partial charge in [0.2, 0.25) is 0 Å². The highest BCUT2D eigenvalue weighted by molar-refractivity contribution is 5.75. The van der Waals surface area contributed by atoms with Crippen molar-refractivity contribution < 1.29 is 4.74 Å². The average molecular weight is 383 g/mol. The second-order valence-corrected chi connectivity index (χ2v) is 6.52. The van der Waals surface area contributed by atoms with Crippen LogP contribution in [0.2, 0.25) is 0 Å². The maximum absolute atomic E-state index is 12.4. The van der Waals surface area contributed by atoms with Gasteiger partial charge in [0.25, 0.3) is 0 Å². The molecule has 0 aliphatic rings. The summed E-state index contributed by atoms with van der Waals surface area (Å²) in [4.78, 5) is 19.6. The first kappa shape index (κ1) is 19.4. The molecule has 0 unspecified atom stereocenters. The molecule has 0 amide bonds. The van der Waals surface area contributed by atoms with Crippen LogP contribution in [0.15, 0.2) is 35.3 Å². The molecule has 9 heteroatoms. The summed E-state index contributed by atoms with van der Waals surface area (Å²) in [6.45, 7) is 3.98. The zero-order chi connectivity index (χ0) is 20.1. The number of aromatic amines is 1. The Labute approximate surface area is 162 Å². The molecule has 9 nitrogen and oxygen atoms in total. The van der Waals surface area contributed by atoms with Gasteiger partial charge in [0.1, 0.15) is 11.4 Å². The molecule has 0 saturated heterocycles. The third-order valence-corrected chi connectivity index (χ3v) is 4.35. The van der Waals surface area contributed by atoms with Crippen molar-refractivity contribution in [3.63, 3.8) is 0 Å². The van der Waals surface area contributed by atoms with E-state index < -0.39 is 0 Å². The predicted octanol–water partition coefficient (Wildman–Crippen LogP) is 0.994. The van der Waals surface area contributed by atoms with Crippen molar-refractivity contribution in [2.24, 2.45) is 5.73 Å². The minimum Gasteiger partial charge on any atom is -0.496 e. The fourth-order valence-corrected chi connectivity index (χ4v) is 3.00. The van der Waals surface area contributed by atoms with Crippen molar-refractivity contribution in [3.8, 4) is 11.4 Å². The molecule has 0 bridgehead atoms. The van der Waals surface area contributed by atoms with Crippen LogP contribution in [-0.4, -0.2) is 40.7 Å². The normalized spacial score (nSPS) is 10.9. The first-order valence-electron chi connectivity index (χ1n) is 9.03. The lowest BCUT2D eigenvalue weighted by molar-refractivity contribution is 0.407. The lowest BCUT2D eigenvalue weighted by atomic mass is 10.1. The molecule has 0 radical (unpaired) electrons. The Morgan fingerprint density at radius 1 is 1.36 bits per heavy atom. The fourth-order valence-electron chi connectivity index (χ4n) is 3.00. The number of nitrogens with two attached hydrogens (primary N) is 1. The molecule has 3 rings (SSSR count). The summed E-state index contributed by atoms with van der Waals surface area (Å²) in [6, 6.07) is 7.61. The highest BCUT2D eigenvalue weighted by atomic mass is 16.5. The van der Waals surface area contributed by atoms with Crippen LogP contribution in [-0.2, 0) is 6.54 Å². The number of methoxy groups -OCH3 is 1. The van der Waals surface area contributed by atoms with E-state index in [0.717, 1.165) is 29.6 Å². The number of benzene rings is 1. The SMILES string of the molecule is COc1cc(-n2cc3cc(C)[nH]c3nc2=O)ccc1CNCCCNC(=N)N. The number of fused-ring (bicyclic) bond motifs is 1. The van der Waals surface area contributed by atoms with Crippen molar-refractivity contribution >= 4 is 17.0 Å². The van der Waals surface area contributed by atoms with Crippen molar-refractivity contribution in [1.29, 1.82) is 5.41 Å². The minimum absolute atomic E-state index is 0.0185. The number of aryl methyl sites for hydroxylation is 1. The molecule has 2 aromatic heterocycles. The molecule has 0 fully saturated rings. The van der Waals surface area contributed by atoms with Gasteiger partial charge in [0, 0.05) is 42.0 Å². The van der Waals surface area contributed by atoms with E-state index in [1.165, 1.54) is 4.57 Å². The Morgan fingerprint density at radius 2 is 2.18 bits per heavy atom. The van der Waals surface area contributed by atoms with Gasteiger partial charge in [-0.25, -0.2) is 4.79 Å². The summed E-state index contributed by atoms with van der Waals surface area (Å²) in [5.41, 5.74) is 8.13. The van der Waals surface area contributed by atoms with Gasteiger partial charge in [-0.05, 0) is 32.0 Å². The number of guanidine groups is 1. The number of rotatable bonds is 8. The summed E-state index contributed by atoms with van der Waals surface area (Å²) < 4.78 is 7.03.